The van der Waals surface area contributed by atoms with Gasteiger partial charge in [-0.1, -0.05) is 18.2 Å². The minimum atomic E-state index is -0.529. The van der Waals surface area contributed by atoms with Crippen molar-refractivity contribution in [2.24, 2.45) is 0 Å². The van der Waals surface area contributed by atoms with Crippen LogP contribution in [0, 0.1) is 0 Å². The quantitative estimate of drug-likeness (QED) is 0.667. The molecule has 1 atom stereocenters. The van der Waals surface area contributed by atoms with Gasteiger partial charge in [-0.3, -0.25) is 4.79 Å². The normalized spacial score (nSPS) is 16.2. The van der Waals surface area contributed by atoms with Gasteiger partial charge in [-0.2, -0.15) is 0 Å². The Hall–Kier alpha value is -1.59. The molecule has 1 amide bonds. The van der Waals surface area contributed by atoms with Gasteiger partial charge in [-0.25, -0.2) is 0 Å². The van der Waals surface area contributed by atoms with Gasteiger partial charge in [0, 0.05) is 26.1 Å². The zero-order valence-electron chi connectivity index (χ0n) is 12.3. The molecule has 0 radical (unpaired) electrons. The number of hydrogen-bond donors (Lipinski definition) is 2. The van der Waals surface area contributed by atoms with Gasteiger partial charge < -0.3 is 20.1 Å². The fourth-order valence-corrected chi connectivity index (χ4v) is 2.37. The molecule has 0 saturated carbocycles. The second kappa shape index (κ2) is 8.64. The Bertz CT molecular complexity index is 425. The van der Waals surface area contributed by atoms with E-state index in [1.54, 1.807) is 0 Å². The van der Waals surface area contributed by atoms with E-state index in [0.29, 0.717) is 13.0 Å². The van der Waals surface area contributed by atoms with Crippen molar-refractivity contribution in [2.75, 3.05) is 32.8 Å². The summed E-state index contributed by atoms with van der Waals surface area (Å²) in [6.07, 6.45) is 2.07. The van der Waals surface area contributed by atoms with E-state index in [1.807, 2.05) is 35.2 Å². The number of amides is 1. The highest BCUT2D eigenvalue weighted by atomic mass is 16.5. The van der Waals surface area contributed by atoms with Crippen molar-refractivity contribution < 1.29 is 14.6 Å². The van der Waals surface area contributed by atoms with Crippen LogP contribution in [0.4, 0.5) is 0 Å². The van der Waals surface area contributed by atoms with Crippen molar-refractivity contribution in [1.82, 2.24) is 10.2 Å². The van der Waals surface area contributed by atoms with E-state index >= 15 is 0 Å². The smallest absolute Gasteiger partial charge is 0.222 e. The third-order valence-corrected chi connectivity index (χ3v) is 3.52. The maximum atomic E-state index is 11.4. The molecule has 5 heteroatoms. The Morgan fingerprint density at radius 2 is 2.14 bits per heavy atom. The number of aliphatic hydroxyl groups excluding tert-OH is 1. The first-order chi connectivity index (χ1) is 10.3. The molecule has 0 aromatic heterocycles. The highest BCUT2D eigenvalue weighted by molar-refractivity contribution is 5.77. The lowest BCUT2D eigenvalue weighted by molar-refractivity contribution is -0.127. The number of nitrogens with one attached hydrogen (secondary N) is 1. The van der Waals surface area contributed by atoms with Crippen molar-refractivity contribution in [3.63, 3.8) is 0 Å². The number of aliphatic hydroxyl groups is 1. The topological polar surface area (TPSA) is 61.8 Å². The summed E-state index contributed by atoms with van der Waals surface area (Å²) in [5.74, 6) is 1.04. The largest absolute Gasteiger partial charge is 0.491 e. The van der Waals surface area contributed by atoms with E-state index in [0.717, 1.165) is 38.2 Å². The van der Waals surface area contributed by atoms with Gasteiger partial charge in [0.15, 0.2) is 0 Å². The number of likely N-dealkylation sites (tertiary alicyclic amines) is 1. The molecule has 1 aromatic rings. The van der Waals surface area contributed by atoms with Gasteiger partial charge in [0.25, 0.3) is 0 Å². The van der Waals surface area contributed by atoms with Crippen LogP contribution < -0.4 is 10.1 Å². The van der Waals surface area contributed by atoms with E-state index in [2.05, 4.69) is 5.32 Å². The Balaban J connectivity index is 1.49. The third kappa shape index (κ3) is 5.73. The summed E-state index contributed by atoms with van der Waals surface area (Å²) in [5, 5.41) is 13.0. The first kappa shape index (κ1) is 15.8. The molecule has 5 nitrogen and oxygen atoms in total. The Labute approximate surface area is 125 Å². The SMILES string of the molecule is O=C1CCCN1CCCNCC(O)COc1ccccc1. The fraction of sp³-hybridized carbons (Fsp3) is 0.562. The number of carbonyl (C=O) groups excluding carboxylic acids is 1. The lowest BCUT2D eigenvalue weighted by Gasteiger charge is -2.16. The zero-order chi connectivity index (χ0) is 14.9. The number of rotatable bonds is 9. The predicted octanol–water partition coefficient (Wildman–Crippen LogP) is 1.03. The molecular weight excluding hydrogens is 268 g/mol. The highest BCUT2D eigenvalue weighted by Gasteiger charge is 2.18. The number of carbonyl (C=O) groups is 1. The van der Waals surface area contributed by atoms with E-state index in [9.17, 15) is 9.90 Å². The van der Waals surface area contributed by atoms with Crippen molar-refractivity contribution in [1.29, 1.82) is 0 Å². The summed E-state index contributed by atoms with van der Waals surface area (Å²) in [6, 6.07) is 9.47. The second-order valence-electron chi connectivity index (χ2n) is 5.32. The molecule has 1 aromatic carbocycles. The maximum absolute atomic E-state index is 11.4. The fourth-order valence-electron chi connectivity index (χ4n) is 2.37. The van der Waals surface area contributed by atoms with Crippen LogP contribution in [0.2, 0.25) is 0 Å². The Morgan fingerprint density at radius 3 is 2.86 bits per heavy atom. The van der Waals surface area contributed by atoms with Crippen LogP contribution in [-0.4, -0.2) is 54.8 Å². The minimum absolute atomic E-state index is 0.270. The molecule has 1 unspecified atom stereocenters. The monoisotopic (exact) mass is 292 g/mol. The van der Waals surface area contributed by atoms with Gasteiger partial charge >= 0.3 is 0 Å². The second-order valence-corrected chi connectivity index (χ2v) is 5.32. The third-order valence-electron chi connectivity index (χ3n) is 3.52. The van der Waals surface area contributed by atoms with Gasteiger partial charge in [0.2, 0.25) is 5.91 Å². The van der Waals surface area contributed by atoms with E-state index < -0.39 is 6.10 Å². The summed E-state index contributed by atoms with van der Waals surface area (Å²) in [7, 11) is 0. The molecule has 2 N–H and O–H groups in total. The summed E-state index contributed by atoms with van der Waals surface area (Å²) in [5.41, 5.74) is 0. The van der Waals surface area contributed by atoms with E-state index in [4.69, 9.17) is 4.74 Å². The molecule has 1 saturated heterocycles. The van der Waals surface area contributed by atoms with Crippen molar-refractivity contribution >= 4 is 5.91 Å². The van der Waals surface area contributed by atoms with Gasteiger partial charge in [0.1, 0.15) is 18.5 Å². The number of hydrogen-bond acceptors (Lipinski definition) is 4. The van der Waals surface area contributed by atoms with Crippen molar-refractivity contribution in [2.45, 2.75) is 25.4 Å². The molecule has 1 aliphatic rings. The highest BCUT2D eigenvalue weighted by Crippen LogP contribution is 2.09. The van der Waals surface area contributed by atoms with Crippen molar-refractivity contribution in [3.05, 3.63) is 30.3 Å². The van der Waals surface area contributed by atoms with Crippen LogP contribution in [0.25, 0.3) is 0 Å². The van der Waals surface area contributed by atoms with Gasteiger partial charge in [-0.15, -0.1) is 0 Å². The summed E-state index contributed by atoms with van der Waals surface area (Å²) in [4.78, 5) is 13.3. The van der Waals surface area contributed by atoms with Gasteiger partial charge in [-0.05, 0) is 31.5 Å². The van der Waals surface area contributed by atoms with Crippen LogP contribution in [0.15, 0.2) is 30.3 Å². The summed E-state index contributed by atoms with van der Waals surface area (Å²) < 4.78 is 5.48. The molecule has 0 bridgehead atoms. The predicted molar refractivity (Wildman–Crippen MR) is 81.2 cm³/mol. The average molecular weight is 292 g/mol. The first-order valence-electron chi connectivity index (χ1n) is 7.60. The standard InChI is InChI=1S/C16H24N2O3/c19-14(13-21-15-6-2-1-3-7-15)12-17-9-5-11-18-10-4-8-16(18)20/h1-3,6-7,14,17,19H,4-5,8-13H2. The minimum Gasteiger partial charge on any atom is -0.491 e. The number of ether oxygens (including phenoxy) is 1. The molecule has 1 aliphatic heterocycles. The van der Waals surface area contributed by atoms with Crippen LogP contribution in [0.1, 0.15) is 19.3 Å². The molecule has 1 heterocycles. The lowest BCUT2D eigenvalue weighted by Crippen LogP contribution is -2.34. The molecule has 0 aliphatic carbocycles. The first-order valence-corrected chi connectivity index (χ1v) is 7.60. The zero-order valence-corrected chi connectivity index (χ0v) is 12.3. The summed E-state index contributed by atoms with van der Waals surface area (Å²) >= 11 is 0. The van der Waals surface area contributed by atoms with E-state index in [-0.39, 0.29) is 12.5 Å². The van der Waals surface area contributed by atoms with Crippen LogP contribution in [0.5, 0.6) is 5.75 Å². The molecule has 1 fully saturated rings. The number of para-hydroxylation sites is 1. The summed E-state index contributed by atoms with van der Waals surface area (Å²) in [6.45, 7) is 3.28. The number of nitrogens with zero attached hydrogens (tertiary/aromatic N) is 1. The van der Waals surface area contributed by atoms with Crippen LogP contribution in [-0.2, 0) is 4.79 Å². The number of benzene rings is 1. The van der Waals surface area contributed by atoms with Crippen LogP contribution in [0.3, 0.4) is 0 Å². The van der Waals surface area contributed by atoms with Gasteiger partial charge in [0.05, 0.1) is 0 Å². The molecule has 116 valence electrons. The maximum Gasteiger partial charge on any atom is 0.222 e. The van der Waals surface area contributed by atoms with E-state index in [1.165, 1.54) is 0 Å². The molecule has 2 rings (SSSR count). The van der Waals surface area contributed by atoms with Crippen molar-refractivity contribution in [3.8, 4) is 5.75 Å². The molecular formula is C16H24N2O3. The lowest BCUT2D eigenvalue weighted by atomic mass is 10.3. The Kier molecular flexibility index (Phi) is 6.50. The molecule has 0 spiro atoms. The Morgan fingerprint density at radius 1 is 1.33 bits per heavy atom. The van der Waals surface area contributed by atoms with Crippen LogP contribution >= 0.6 is 0 Å². The molecule has 21 heavy (non-hydrogen) atoms. The average Bonchev–Trinajstić information content (AvgIpc) is 2.91.